The van der Waals surface area contributed by atoms with Crippen molar-refractivity contribution in [1.82, 2.24) is 10.6 Å². The van der Waals surface area contributed by atoms with Crippen LogP contribution in [-0.4, -0.2) is 31.5 Å². The van der Waals surface area contributed by atoms with Crippen LogP contribution in [0.25, 0.3) is 0 Å². The maximum Gasteiger partial charge on any atom is 0.0930 e. The van der Waals surface area contributed by atoms with Gasteiger partial charge >= 0.3 is 0 Å². The van der Waals surface area contributed by atoms with Gasteiger partial charge in [0.1, 0.15) is 0 Å². The minimum atomic E-state index is 0.572. The van der Waals surface area contributed by atoms with Crippen LogP contribution in [0.3, 0.4) is 0 Å². The van der Waals surface area contributed by atoms with Crippen LogP contribution >= 0.6 is 0 Å². The molecule has 1 aliphatic heterocycles. The lowest BCUT2D eigenvalue weighted by molar-refractivity contribution is 0.273. The number of hydrogen-bond acceptors (Lipinski definition) is 2. The maximum absolute atomic E-state index is 4.26. The van der Waals surface area contributed by atoms with Gasteiger partial charge in [-0.05, 0) is 88.7 Å². The molecule has 3 heteroatoms. The van der Waals surface area contributed by atoms with E-state index < -0.39 is 0 Å². The summed E-state index contributed by atoms with van der Waals surface area (Å²) in [5.74, 6) is 2.86. The lowest BCUT2D eigenvalue weighted by atomic mass is 9.75. The van der Waals surface area contributed by atoms with E-state index in [2.05, 4.69) is 40.8 Å². The molecule has 134 valence electrons. The molecule has 0 aromatic carbocycles. The average molecular weight is 330 g/mol. The summed E-state index contributed by atoms with van der Waals surface area (Å²) in [4.78, 5) is 4.26. The largest absolute Gasteiger partial charge is 0.370 e. The first kappa shape index (κ1) is 17.7. The number of allylic oxidation sites excluding steroid dienone is 4. The van der Waals surface area contributed by atoms with E-state index in [4.69, 9.17) is 0 Å². The summed E-state index contributed by atoms with van der Waals surface area (Å²) < 4.78 is 0. The van der Waals surface area contributed by atoms with Gasteiger partial charge in [0.2, 0.25) is 0 Å². The predicted molar refractivity (Wildman–Crippen MR) is 104 cm³/mol. The maximum atomic E-state index is 4.26. The minimum Gasteiger partial charge on any atom is -0.370 e. The van der Waals surface area contributed by atoms with E-state index in [-0.39, 0.29) is 0 Å². The molecule has 2 N–H and O–H groups in total. The number of amidine groups is 1. The Kier molecular flexibility index (Phi) is 6.53. The lowest BCUT2D eigenvalue weighted by Gasteiger charge is -2.31. The van der Waals surface area contributed by atoms with Crippen molar-refractivity contribution in [1.29, 1.82) is 0 Å². The Labute approximate surface area is 148 Å². The molecule has 3 aliphatic rings. The van der Waals surface area contributed by atoms with Crippen LogP contribution in [0.4, 0.5) is 0 Å². The Balaban J connectivity index is 1.40. The Bertz CT molecular complexity index is 483. The van der Waals surface area contributed by atoms with Gasteiger partial charge in [0.15, 0.2) is 0 Å². The highest BCUT2D eigenvalue weighted by Gasteiger charge is 2.29. The van der Waals surface area contributed by atoms with E-state index in [9.17, 15) is 0 Å². The number of aliphatic imine (C=N–C) groups is 1. The van der Waals surface area contributed by atoms with Crippen LogP contribution in [0, 0.1) is 11.8 Å². The number of hydrogen-bond donors (Lipinski definition) is 2. The molecule has 2 aliphatic carbocycles. The van der Waals surface area contributed by atoms with Gasteiger partial charge in [-0.15, -0.1) is 0 Å². The van der Waals surface area contributed by atoms with E-state index >= 15 is 0 Å². The Morgan fingerprint density at radius 1 is 1.17 bits per heavy atom. The van der Waals surface area contributed by atoms with E-state index in [0.717, 1.165) is 24.2 Å². The summed E-state index contributed by atoms with van der Waals surface area (Å²) in [6.07, 6.45) is 19.3. The highest BCUT2D eigenvalue weighted by molar-refractivity contribution is 5.79. The molecular formula is C21H35N3. The van der Waals surface area contributed by atoms with Gasteiger partial charge in [-0.2, -0.15) is 0 Å². The molecule has 1 saturated heterocycles. The third-order valence-corrected chi connectivity index (χ3v) is 6.31. The number of nitrogens with one attached hydrogen (secondary N) is 2. The molecule has 0 amide bonds. The Morgan fingerprint density at radius 3 is 2.71 bits per heavy atom. The zero-order chi connectivity index (χ0) is 16.8. The zero-order valence-electron chi connectivity index (χ0n) is 15.6. The SMILES string of the molecule is CN=C(C)NC1CCNC1CCC1CCC(C2=CCCC=C2)CC1. The summed E-state index contributed by atoms with van der Waals surface area (Å²) in [6, 6.07) is 1.20. The summed E-state index contributed by atoms with van der Waals surface area (Å²) in [5, 5.41) is 7.29. The van der Waals surface area contributed by atoms with Crippen LogP contribution < -0.4 is 10.6 Å². The lowest BCUT2D eigenvalue weighted by Crippen LogP contribution is -2.42. The second kappa shape index (κ2) is 8.84. The van der Waals surface area contributed by atoms with Crippen LogP contribution in [0.1, 0.15) is 64.7 Å². The summed E-state index contributed by atoms with van der Waals surface area (Å²) in [6.45, 7) is 3.22. The second-order valence-corrected chi connectivity index (χ2v) is 7.89. The van der Waals surface area contributed by atoms with Gasteiger partial charge < -0.3 is 10.6 Å². The molecule has 2 unspecified atom stereocenters. The molecule has 1 saturated carbocycles. The van der Waals surface area contributed by atoms with Crippen molar-refractivity contribution in [3.05, 3.63) is 23.8 Å². The minimum absolute atomic E-state index is 0.572. The molecule has 2 atom stereocenters. The van der Waals surface area contributed by atoms with Crippen molar-refractivity contribution in [3.63, 3.8) is 0 Å². The third kappa shape index (κ3) is 4.72. The van der Waals surface area contributed by atoms with E-state index in [0.29, 0.717) is 12.1 Å². The van der Waals surface area contributed by atoms with Crippen LogP contribution in [0.5, 0.6) is 0 Å². The van der Waals surface area contributed by atoms with Crippen LogP contribution in [0.2, 0.25) is 0 Å². The molecule has 0 aromatic heterocycles. The summed E-state index contributed by atoms with van der Waals surface area (Å²) >= 11 is 0. The first-order valence-corrected chi connectivity index (χ1v) is 10.1. The van der Waals surface area contributed by atoms with Crippen molar-refractivity contribution in [3.8, 4) is 0 Å². The van der Waals surface area contributed by atoms with Gasteiger partial charge in [-0.1, -0.05) is 18.2 Å². The normalized spacial score (nSPS) is 34.2. The zero-order valence-corrected chi connectivity index (χ0v) is 15.6. The third-order valence-electron chi connectivity index (χ3n) is 6.31. The van der Waals surface area contributed by atoms with E-state index in [1.54, 1.807) is 5.57 Å². The fraction of sp³-hybridized carbons (Fsp3) is 0.762. The topological polar surface area (TPSA) is 36.4 Å². The molecular weight excluding hydrogens is 294 g/mol. The standard InChI is InChI=1S/C21H35N3/c1-16(22-2)24-21-14-15-23-20(21)13-10-17-8-11-19(12-9-17)18-6-4-3-5-7-18/h4,6-7,17,19-21,23H,3,5,8-15H2,1-2H3,(H,22,24). The fourth-order valence-corrected chi connectivity index (χ4v) is 4.71. The molecule has 0 bridgehead atoms. The second-order valence-electron chi connectivity index (χ2n) is 7.89. The van der Waals surface area contributed by atoms with Crippen LogP contribution in [0.15, 0.2) is 28.8 Å². The molecule has 0 radical (unpaired) electrons. The monoisotopic (exact) mass is 329 g/mol. The van der Waals surface area contributed by atoms with Gasteiger partial charge in [-0.3, -0.25) is 4.99 Å². The van der Waals surface area contributed by atoms with Crippen molar-refractivity contribution < 1.29 is 0 Å². The molecule has 3 nitrogen and oxygen atoms in total. The molecule has 0 aromatic rings. The van der Waals surface area contributed by atoms with Gasteiger partial charge in [0.05, 0.1) is 5.84 Å². The van der Waals surface area contributed by atoms with Gasteiger partial charge in [0.25, 0.3) is 0 Å². The predicted octanol–water partition coefficient (Wildman–Crippen LogP) is 4.22. The summed E-state index contributed by atoms with van der Waals surface area (Å²) in [5.41, 5.74) is 1.63. The van der Waals surface area contributed by atoms with E-state index in [1.165, 1.54) is 57.8 Å². The Hall–Kier alpha value is -1.09. The molecule has 24 heavy (non-hydrogen) atoms. The molecule has 3 rings (SSSR count). The quantitative estimate of drug-likeness (QED) is 0.585. The molecule has 0 spiro atoms. The van der Waals surface area contributed by atoms with E-state index in [1.807, 2.05) is 7.05 Å². The number of nitrogens with zero attached hydrogens (tertiary/aromatic N) is 1. The van der Waals surface area contributed by atoms with Crippen LogP contribution in [-0.2, 0) is 0 Å². The van der Waals surface area contributed by atoms with Gasteiger partial charge in [-0.25, -0.2) is 0 Å². The van der Waals surface area contributed by atoms with Crippen molar-refractivity contribution in [2.24, 2.45) is 16.8 Å². The average Bonchev–Trinajstić information content (AvgIpc) is 3.08. The molecule has 1 heterocycles. The molecule has 2 fully saturated rings. The highest BCUT2D eigenvalue weighted by atomic mass is 15.1. The first-order chi connectivity index (χ1) is 11.8. The number of rotatable bonds is 5. The van der Waals surface area contributed by atoms with Crippen molar-refractivity contribution in [2.75, 3.05) is 13.6 Å². The first-order valence-electron chi connectivity index (χ1n) is 10.1. The van der Waals surface area contributed by atoms with Gasteiger partial charge in [0, 0.05) is 19.1 Å². The smallest absolute Gasteiger partial charge is 0.0930 e. The van der Waals surface area contributed by atoms with Crippen molar-refractivity contribution in [2.45, 2.75) is 76.8 Å². The fourth-order valence-electron chi connectivity index (χ4n) is 4.71. The Morgan fingerprint density at radius 2 is 2.00 bits per heavy atom. The van der Waals surface area contributed by atoms with Crippen molar-refractivity contribution >= 4 is 5.84 Å². The highest BCUT2D eigenvalue weighted by Crippen LogP contribution is 2.37. The summed E-state index contributed by atoms with van der Waals surface area (Å²) in [7, 11) is 1.87.